The van der Waals surface area contributed by atoms with E-state index in [2.05, 4.69) is 10.6 Å². The predicted molar refractivity (Wildman–Crippen MR) is 247 cm³/mol. The molecule has 5 fully saturated rings. The number of phosphoric ester groups is 1. The number of aliphatic hydroxyl groups is 10. The first-order chi connectivity index (χ1) is 37.3. The number of carboxylic acids is 1. The Morgan fingerprint density at radius 2 is 1.21 bits per heavy atom. The molecule has 0 aromatic rings. The van der Waals surface area contributed by atoms with E-state index < -0.39 is 222 Å². The fourth-order valence-electron chi connectivity index (χ4n) is 9.08. The normalized spacial score (nSPS) is 42.5. The van der Waals surface area contributed by atoms with E-state index in [0.717, 1.165) is 20.8 Å². The van der Waals surface area contributed by atoms with Gasteiger partial charge in [0.1, 0.15) is 90.9 Å². The monoisotopic (exact) mass is 1190 g/mol. The summed E-state index contributed by atoms with van der Waals surface area (Å²) in [7, 11) is -5.75. The lowest BCUT2D eigenvalue weighted by molar-refractivity contribution is -0.375. The van der Waals surface area contributed by atoms with Crippen molar-refractivity contribution in [3.8, 4) is 0 Å². The predicted octanol–water partition coefficient (Wildman–Crippen LogP) is -11.6. The van der Waals surface area contributed by atoms with Gasteiger partial charge in [-0.1, -0.05) is 0 Å². The van der Waals surface area contributed by atoms with E-state index in [-0.39, 0.29) is 13.2 Å². The van der Waals surface area contributed by atoms with E-state index in [0.29, 0.717) is 0 Å². The second-order valence-corrected chi connectivity index (χ2v) is 20.5. The minimum atomic E-state index is -5.75. The summed E-state index contributed by atoms with van der Waals surface area (Å²) in [5, 5.41) is 123. The minimum absolute atomic E-state index is 0.206. The van der Waals surface area contributed by atoms with Gasteiger partial charge < -0.3 is 147 Å². The Morgan fingerprint density at radius 1 is 0.675 bits per heavy atom. The number of ether oxygens (including phenoxy) is 11. The Balaban J connectivity index is 1.57. The van der Waals surface area contributed by atoms with Crippen LogP contribution in [-0.4, -0.2) is 289 Å². The van der Waals surface area contributed by atoms with Crippen LogP contribution >= 0.6 is 7.82 Å². The third kappa shape index (κ3) is 15.7. The number of carbonyl (C=O) groups excluding carboxylic acids is 5. The fourth-order valence-corrected chi connectivity index (χ4v) is 9.90. The van der Waals surface area contributed by atoms with Crippen LogP contribution in [0.4, 0.5) is 4.79 Å². The van der Waals surface area contributed by atoms with Crippen LogP contribution in [-0.2, 0) is 89.7 Å². The summed E-state index contributed by atoms with van der Waals surface area (Å²) in [6, 6.07) is -3.88. The van der Waals surface area contributed by atoms with Crippen molar-refractivity contribution in [1.82, 2.24) is 10.6 Å². The molecule has 0 aromatic carbocycles. The van der Waals surface area contributed by atoms with Crippen LogP contribution in [0.5, 0.6) is 0 Å². The summed E-state index contributed by atoms with van der Waals surface area (Å²) in [4.78, 5) is 85.7. The standard InChI is InChI=1S/C41H69N6O32P/c1-10-26(73-38-25(58)22(55)23(56)28(75-38)32(43)59)19(52)16(46-11(2)49)35(70-10)74-27-14(8-68-37-24(57)21(54)18(51)13(7-48)71-37)72-36(17(20(27)53)47-12(3)50)76-29-30(78-40(45)63)41(4,64)31(33(44)60)77-39(29)79-80(65,66)69-9-15(34(61)62)67-6-5-42/h10,13-31,35-39,48,51-58,64H,5-9,42H2,1-4H3,(H2,43,59)(H2,44,60)(H2,45,63)(H,46,49)(H,47,50)(H,61,62)(H,65,66)/t10-,13-,14-,15-,16-,17-,18-,19-,20-,21+,22+,23-,24-,25-,26-,27-,28+,29-,30-,31-,35+,36+,37-,38-,39-,41+/m1/s1. The molecule has 39 heteroatoms. The average molecular weight is 1190 g/mol. The first kappa shape index (κ1) is 66.7. The molecular weight excluding hydrogens is 1120 g/mol. The molecule has 5 amide bonds. The van der Waals surface area contributed by atoms with E-state index in [4.69, 9.17) is 84.1 Å². The minimum Gasteiger partial charge on any atom is -0.479 e. The number of rotatable bonds is 24. The Bertz CT molecular complexity index is 2190. The van der Waals surface area contributed by atoms with Crippen molar-refractivity contribution in [2.24, 2.45) is 22.9 Å². The highest BCUT2D eigenvalue weighted by molar-refractivity contribution is 7.47. The number of aliphatic carboxylic acids is 1. The van der Waals surface area contributed by atoms with Crippen LogP contribution in [0.25, 0.3) is 0 Å². The Hall–Kier alpha value is -4.11. The number of carbonyl (C=O) groups is 6. The van der Waals surface area contributed by atoms with Crippen LogP contribution in [0, 0.1) is 0 Å². The molecule has 0 bridgehead atoms. The van der Waals surface area contributed by atoms with Crippen molar-refractivity contribution in [2.75, 3.05) is 33.0 Å². The second kappa shape index (κ2) is 28.0. The second-order valence-electron chi connectivity index (χ2n) is 19.0. The molecule has 0 spiro atoms. The lowest BCUT2D eigenvalue weighted by atomic mass is 9.85. The number of hydrogen-bond donors (Lipinski definition) is 18. The van der Waals surface area contributed by atoms with Crippen molar-refractivity contribution in [3.63, 3.8) is 0 Å². The molecule has 5 aliphatic heterocycles. The summed E-state index contributed by atoms with van der Waals surface area (Å²) in [6.07, 6.45) is -49.3. The van der Waals surface area contributed by atoms with E-state index in [1.165, 1.54) is 6.92 Å². The van der Waals surface area contributed by atoms with E-state index >= 15 is 0 Å². The van der Waals surface area contributed by atoms with Gasteiger partial charge in [-0.2, -0.15) is 0 Å². The van der Waals surface area contributed by atoms with Gasteiger partial charge in [0, 0.05) is 20.4 Å². The summed E-state index contributed by atoms with van der Waals surface area (Å²) in [5.41, 5.74) is 18.6. The molecule has 0 aliphatic carbocycles. The van der Waals surface area contributed by atoms with E-state index in [9.17, 15) is 94.4 Å². The summed E-state index contributed by atoms with van der Waals surface area (Å²) in [6.45, 7) is 0.0698. The van der Waals surface area contributed by atoms with Crippen molar-refractivity contribution < 1.29 is 156 Å². The van der Waals surface area contributed by atoms with E-state index in [1.807, 2.05) is 0 Å². The Morgan fingerprint density at radius 3 is 1.75 bits per heavy atom. The number of hydrogen-bond acceptors (Lipinski definition) is 31. The van der Waals surface area contributed by atoms with Gasteiger partial charge in [0.2, 0.25) is 23.6 Å². The highest BCUT2D eigenvalue weighted by Gasteiger charge is 2.62. The number of primary amides is 3. The zero-order chi connectivity index (χ0) is 60.0. The molecule has 5 heterocycles. The van der Waals surface area contributed by atoms with E-state index in [1.54, 1.807) is 0 Å². The third-order valence-corrected chi connectivity index (χ3v) is 14.0. The van der Waals surface area contributed by atoms with Crippen molar-refractivity contribution in [3.05, 3.63) is 0 Å². The molecular formula is C41H69N6O32P. The van der Waals surface area contributed by atoms with Crippen LogP contribution < -0.4 is 33.6 Å². The SMILES string of the molecule is CC(=O)N[C@H]1[C@H](O[C@H]2[C@H](O)[C@@H](NC(C)=O)[C@H](O[C@H]3[C@@H](OP(=O)(O)OC[C@@H](OCCN)C(=O)O)O[C@H](C(N)=O)[C@@](C)(O)[C@@H]3OC(N)=O)O[C@@H]2CO[C@@H]2O[C@H](CO)[C@@H](O)[C@H](O)[C@H]2O)O[C@H](C)[C@@H](O[C@@H]2O[C@H](C(N)=O)[C@H](O)[C@H](O)[C@H]2O)[C@@H]1O. The zero-order valence-electron chi connectivity index (χ0n) is 42.8. The molecule has 5 saturated heterocycles. The van der Waals surface area contributed by atoms with Gasteiger partial charge in [0.15, 0.2) is 62.0 Å². The lowest BCUT2D eigenvalue weighted by Crippen LogP contribution is -2.72. The Labute approximate surface area is 451 Å². The summed E-state index contributed by atoms with van der Waals surface area (Å²) in [5.74, 6) is -6.44. The highest BCUT2D eigenvalue weighted by atomic mass is 31.2. The van der Waals surface area contributed by atoms with Crippen molar-refractivity contribution in [2.45, 2.75) is 187 Å². The molecule has 0 radical (unpaired) electrons. The summed E-state index contributed by atoms with van der Waals surface area (Å²) >= 11 is 0. The fraction of sp³-hybridized carbons (Fsp3) is 0.854. The number of nitrogens with one attached hydrogen (secondary N) is 2. The molecule has 460 valence electrons. The maximum absolute atomic E-state index is 13.6. The molecule has 0 aromatic heterocycles. The number of amides is 5. The van der Waals surface area contributed by atoms with Crippen LogP contribution in [0.15, 0.2) is 0 Å². The quantitative estimate of drug-likeness (QED) is 0.0399. The molecule has 38 nitrogen and oxygen atoms in total. The van der Waals surface area contributed by atoms with Crippen LogP contribution in [0.2, 0.25) is 0 Å². The largest absolute Gasteiger partial charge is 0.479 e. The van der Waals surface area contributed by atoms with Gasteiger partial charge in [-0.15, -0.1) is 0 Å². The zero-order valence-corrected chi connectivity index (χ0v) is 43.7. The molecule has 5 aliphatic rings. The van der Waals surface area contributed by atoms with Crippen molar-refractivity contribution >= 4 is 43.5 Å². The molecule has 22 N–H and O–H groups in total. The van der Waals surface area contributed by atoms with Gasteiger partial charge in [-0.3, -0.25) is 28.2 Å². The number of phosphoric acid groups is 1. The molecule has 27 atom stereocenters. The van der Waals surface area contributed by atoms with Crippen LogP contribution in [0.3, 0.4) is 0 Å². The first-order valence-corrected chi connectivity index (χ1v) is 25.7. The highest BCUT2D eigenvalue weighted by Crippen LogP contribution is 2.49. The maximum Gasteiger partial charge on any atom is 0.474 e. The molecule has 1 unspecified atom stereocenters. The van der Waals surface area contributed by atoms with Gasteiger partial charge in [-0.25, -0.2) is 14.2 Å². The summed E-state index contributed by atoms with van der Waals surface area (Å²) < 4.78 is 86.0. The lowest BCUT2D eigenvalue weighted by Gasteiger charge is -2.52. The van der Waals surface area contributed by atoms with Crippen LogP contribution in [0.1, 0.15) is 27.7 Å². The third-order valence-electron chi connectivity index (χ3n) is 13.0. The average Bonchev–Trinajstić information content (AvgIpc) is 3.57. The first-order valence-electron chi connectivity index (χ1n) is 24.2. The van der Waals surface area contributed by atoms with Gasteiger partial charge in [0.05, 0.1) is 32.5 Å². The van der Waals surface area contributed by atoms with Gasteiger partial charge in [-0.05, 0) is 13.8 Å². The number of aliphatic hydroxyl groups excluding tert-OH is 9. The Kier molecular flexibility index (Phi) is 23.3. The van der Waals surface area contributed by atoms with Gasteiger partial charge >= 0.3 is 19.9 Å². The van der Waals surface area contributed by atoms with Crippen molar-refractivity contribution in [1.29, 1.82) is 0 Å². The smallest absolute Gasteiger partial charge is 0.474 e. The maximum atomic E-state index is 13.6. The topological polar surface area (TPSA) is 610 Å². The number of nitrogens with two attached hydrogens (primary N) is 4. The molecule has 80 heavy (non-hydrogen) atoms. The number of carboxylic acid groups (broad SMARTS) is 1. The molecule has 5 rings (SSSR count). The van der Waals surface area contributed by atoms with Gasteiger partial charge in [0.25, 0.3) is 0 Å². The molecule has 0 saturated carbocycles.